The Morgan fingerprint density at radius 1 is 1.20 bits per heavy atom. The lowest BCUT2D eigenvalue weighted by Crippen LogP contribution is -2.06. The van der Waals surface area contributed by atoms with Crippen LogP contribution < -0.4 is 5.32 Å². The van der Waals surface area contributed by atoms with Gasteiger partial charge in [-0.25, -0.2) is 4.39 Å². The normalized spacial score (nSPS) is 11.2. The van der Waals surface area contributed by atoms with Crippen LogP contribution in [0.1, 0.15) is 5.56 Å². The maximum absolute atomic E-state index is 13.9. The van der Waals surface area contributed by atoms with E-state index in [1.807, 2.05) is 24.3 Å². The standard InChI is InChI=1S/C16H13ClFNO/c1-19-9-12-6-5-10(7-14(12)18)15-8-11-3-2-4-13(17)16(11)20-15/h2-8,19H,9H2,1H3. The average molecular weight is 290 g/mol. The minimum atomic E-state index is -0.247. The molecule has 0 fully saturated rings. The Labute approximate surface area is 121 Å². The molecule has 3 aromatic rings. The maximum Gasteiger partial charge on any atom is 0.153 e. The van der Waals surface area contributed by atoms with E-state index in [2.05, 4.69) is 5.32 Å². The summed E-state index contributed by atoms with van der Waals surface area (Å²) in [5.74, 6) is 0.367. The Kier molecular flexibility index (Phi) is 3.47. The zero-order valence-corrected chi connectivity index (χ0v) is 11.7. The molecule has 0 amide bonds. The van der Waals surface area contributed by atoms with E-state index < -0.39 is 0 Å². The number of furan rings is 1. The van der Waals surface area contributed by atoms with Gasteiger partial charge in [0, 0.05) is 23.1 Å². The van der Waals surface area contributed by atoms with Gasteiger partial charge in [-0.2, -0.15) is 0 Å². The molecule has 20 heavy (non-hydrogen) atoms. The van der Waals surface area contributed by atoms with Crippen molar-refractivity contribution >= 4 is 22.6 Å². The highest BCUT2D eigenvalue weighted by Crippen LogP contribution is 2.32. The molecule has 0 aliphatic heterocycles. The van der Waals surface area contributed by atoms with E-state index in [0.29, 0.717) is 34.0 Å². The molecule has 1 aromatic heterocycles. The fraction of sp³-hybridized carbons (Fsp3) is 0.125. The summed E-state index contributed by atoms with van der Waals surface area (Å²) in [6.07, 6.45) is 0. The lowest BCUT2D eigenvalue weighted by atomic mass is 10.1. The van der Waals surface area contributed by atoms with Crippen molar-refractivity contribution in [2.75, 3.05) is 7.05 Å². The van der Waals surface area contributed by atoms with Gasteiger partial charge in [0.2, 0.25) is 0 Å². The molecule has 0 saturated carbocycles. The molecular formula is C16H13ClFNO. The van der Waals surface area contributed by atoms with Crippen LogP contribution >= 0.6 is 11.6 Å². The lowest BCUT2D eigenvalue weighted by Gasteiger charge is -2.04. The van der Waals surface area contributed by atoms with Crippen LogP contribution in [0.3, 0.4) is 0 Å². The largest absolute Gasteiger partial charge is 0.455 e. The van der Waals surface area contributed by atoms with E-state index in [0.717, 1.165) is 5.39 Å². The Morgan fingerprint density at radius 2 is 2.05 bits per heavy atom. The predicted molar refractivity (Wildman–Crippen MR) is 79.4 cm³/mol. The lowest BCUT2D eigenvalue weighted by molar-refractivity contribution is 0.597. The Hall–Kier alpha value is -1.84. The van der Waals surface area contributed by atoms with E-state index in [9.17, 15) is 4.39 Å². The minimum Gasteiger partial charge on any atom is -0.455 e. The van der Waals surface area contributed by atoms with Gasteiger partial charge in [-0.15, -0.1) is 0 Å². The van der Waals surface area contributed by atoms with Crippen molar-refractivity contribution in [3.8, 4) is 11.3 Å². The monoisotopic (exact) mass is 289 g/mol. The fourth-order valence-corrected chi connectivity index (χ4v) is 2.42. The van der Waals surface area contributed by atoms with Gasteiger partial charge < -0.3 is 9.73 Å². The molecule has 0 spiro atoms. The summed E-state index contributed by atoms with van der Waals surface area (Å²) in [5.41, 5.74) is 1.96. The first kappa shape index (κ1) is 13.2. The van der Waals surface area contributed by atoms with Crippen molar-refractivity contribution in [2.24, 2.45) is 0 Å². The molecule has 0 saturated heterocycles. The minimum absolute atomic E-state index is 0.247. The summed E-state index contributed by atoms with van der Waals surface area (Å²) in [4.78, 5) is 0. The van der Waals surface area contributed by atoms with Gasteiger partial charge >= 0.3 is 0 Å². The number of nitrogens with one attached hydrogen (secondary N) is 1. The first-order valence-corrected chi connectivity index (χ1v) is 6.68. The third-order valence-corrected chi connectivity index (χ3v) is 3.50. The number of halogens is 2. The molecule has 102 valence electrons. The van der Waals surface area contributed by atoms with Gasteiger partial charge in [0.15, 0.2) is 5.58 Å². The highest BCUT2D eigenvalue weighted by atomic mass is 35.5. The van der Waals surface area contributed by atoms with Crippen molar-refractivity contribution in [1.82, 2.24) is 5.32 Å². The molecule has 4 heteroatoms. The second-order valence-corrected chi connectivity index (χ2v) is 5.01. The van der Waals surface area contributed by atoms with Crippen molar-refractivity contribution in [2.45, 2.75) is 6.54 Å². The number of hydrogen-bond donors (Lipinski definition) is 1. The van der Waals surface area contributed by atoms with Gasteiger partial charge in [-0.05, 0) is 25.2 Å². The van der Waals surface area contributed by atoms with Crippen molar-refractivity contribution in [1.29, 1.82) is 0 Å². The molecule has 0 unspecified atom stereocenters. The summed E-state index contributed by atoms with van der Waals surface area (Å²) in [5, 5.41) is 4.40. The van der Waals surface area contributed by atoms with Crippen LogP contribution in [0.15, 0.2) is 46.9 Å². The maximum atomic E-state index is 13.9. The summed E-state index contributed by atoms with van der Waals surface area (Å²) in [6, 6.07) is 12.5. The summed E-state index contributed by atoms with van der Waals surface area (Å²) in [6.45, 7) is 0.498. The second-order valence-electron chi connectivity index (χ2n) is 4.61. The number of fused-ring (bicyclic) bond motifs is 1. The van der Waals surface area contributed by atoms with Gasteiger partial charge in [0.25, 0.3) is 0 Å². The van der Waals surface area contributed by atoms with Crippen LogP contribution in [-0.2, 0) is 6.54 Å². The topological polar surface area (TPSA) is 25.2 Å². The van der Waals surface area contributed by atoms with Crippen LogP contribution in [-0.4, -0.2) is 7.05 Å². The Morgan fingerprint density at radius 3 is 2.75 bits per heavy atom. The quantitative estimate of drug-likeness (QED) is 0.761. The van der Waals surface area contributed by atoms with Crippen LogP contribution in [0.2, 0.25) is 5.02 Å². The molecule has 0 aliphatic rings. The van der Waals surface area contributed by atoms with E-state index in [1.54, 1.807) is 19.2 Å². The first-order chi connectivity index (χ1) is 9.69. The Bertz CT molecular complexity index is 766. The molecule has 2 nitrogen and oxygen atoms in total. The third-order valence-electron chi connectivity index (χ3n) is 3.20. The smallest absolute Gasteiger partial charge is 0.153 e. The summed E-state index contributed by atoms with van der Waals surface area (Å²) < 4.78 is 19.7. The molecule has 3 rings (SSSR count). The van der Waals surface area contributed by atoms with E-state index in [-0.39, 0.29) is 5.82 Å². The fourth-order valence-electron chi connectivity index (χ4n) is 2.20. The molecule has 1 heterocycles. The number of rotatable bonds is 3. The first-order valence-electron chi connectivity index (χ1n) is 6.30. The van der Waals surface area contributed by atoms with Crippen LogP contribution in [0.25, 0.3) is 22.3 Å². The number of hydrogen-bond acceptors (Lipinski definition) is 2. The van der Waals surface area contributed by atoms with Gasteiger partial charge in [0.1, 0.15) is 11.6 Å². The van der Waals surface area contributed by atoms with E-state index in [1.165, 1.54) is 6.07 Å². The zero-order chi connectivity index (χ0) is 14.1. The molecule has 1 N–H and O–H groups in total. The highest BCUT2D eigenvalue weighted by molar-refractivity contribution is 6.34. The number of para-hydroxylation sites is 1. The summed E-state index contributed by atoms with van der Waals surface area (Å²) >= 11 is 6.08. The molecule has 0 aliphatic carbocycles. The predicted octanol–water partition coefficient (Wildman–Crippen LogP) is 4.61. The van der Waals surface area contributed by atoms with E-state index in [4.69, 9.17) is 16.0 Å². The van der Waals surface area contributed by atoms with Crippen LogP contribution in [0.4, 0.5) is 4.39 Å². The SMILES string of the molecule is CNCc1ccc(-c2cc3cccc(Cl)c3o2)cc1F. The second kappa shape index (κ2) is 5.27. The highest BCUT2D eigenvalue weighted by Gasteiger charge is 2.10. The van der Waals surface area contributed by atoms with E-state index >= 15 is 0 Å². The molecule has 0 bridgehead atoms. The average Bonchev–Trinajstić information content (AvgIpc) is 2.87. The van der Waals surface area contributed by atoms with Gasteiger partial charge in [0.05, 0.1) is 5.02 Å². The molecule has 0 radical (unpaired) electrons. The number of benzene rings is 2. The molecule has 0 atom stereocenters. The van der Waals surface area contributed by atoms with Gasteiger partial charge in [-0.1, -0.05) is 35.9 Å². The third kappa shape index (κ3) is 2.30. The van der Waals surface area contributed by atoms with Gasteiger partial charge in [-0.3, -0.25) is 0 Å². The molecule has 2 aromatic carbocycles. The van der Waals surface area contributed by atoms with Crippen molar-refractivity contribution in [3.63, 3.8) is 0 Å². The van der Waals surface area contributed by atoms with Crippen LogP contribution in [0, 0.1) is 5.82 Å². The molecular weight excluding hydrogens is 277 g/mol. The van der Waals surface area contributed by atoms with Crippen molar-refractivity contribution in [3.05, 3.63) is 58.9 Å². The summed E-state index contributed by atoms with van der Waals surface area (Å²) in [7, 11) is 1.79. The van der Waals surface area contributed by atoms with Crippen LogP contribution in [0.5, 0.6) is 0 Å². The Balaban J connectivity index is 2.06. The van der Waals surface area contributed by atoms with Crippen molar-refractivity contribution < 1.29 is 8.81 Å². The zero-order valence-electron chi connectivity index (χ0n) is 10.9.